The predicted octanol–water partition coefficient (Wildman–Crippen LogP) is 5.92. The first-order valence-corrected chi connectivity index (χ1v) is 8.79. The predicted molar refractivity (Wildman–Crippen MR) is 104 cm³/mol. The van der Waals surface area contributed by atoms with Gasteiger partial charge in [-0.1, -0.05) is 89.1 Å². The van der Waals surface area contributed by atoms with Crippen LogP contribution in [0.2, 0.25) is 10.0 Å². The van der Waals surface area contributed by atoms with E-state index in [9.17, 15) is 0 Å². The van der Waals surface area contributed by atoms with Crippen LogP contribution in [0.1, 0.15) is 11.1 Å². The van der Waals surface area contributed by atoms with E-state index in [0.717, 1.165) is 22.4 Å². The summed E-state index contributed by atoms with van der Waals surface area (Å²) in [5.41, 5.74) is 3.82. The van der Waals surface area contributed by atoms with Gasteiger partial charge in [-0.3, -0.25) is 0 Å². The lowest BCUT2D eigenvalue weighted by Gasteiger charge is -2.14. The van der Waals surface area contributed by atoms with Crippen molar-refractivity contribution in [2.75, 3.05) is 0 Å². The number of hydrogen-bond acceptors (Lipinski definition) is 2. The number of benzene rings is 2. The van der Waals surface area contributed by atoms with Gasteiger partial charge < -0.3 is 4.84 Å². The molecular formula is C21H15Cl2NO. The fourth-order valence-corrected chi connectivity index (χ4v) is 3.72. The van der Waals surface area contributed by atoms with E-state index in [0.29, 0.717) is 10.0 Å². The fourth-order valence-electron chi connectivity index (χ4n) is 3.13. The second-order valence-corrected chi connectivity index (χ2v) is 6.73. The minimum Gasteiger partial charge on any atom is -0.387 e. The quantitative estimate of drug-likeness (QED) is 0.659. The molecule has 0 saturated carbocycles. The number of oxime groups is 1. The second-order valence-electron chi connectivity index (χ2n) is 5.92. The molecule has 25 heavy (non-hydrogen) atoms. The first-order chi connectivity index (χ1) is 12.2. The minimum atomic E-state index is -0.0984. The highest BCUT2D eigenvalue weighted by Crippen LogP contribution is 2.39. The molecule has 124 valence electrons. The maximum atomic E-state index is 6.36. The van der Waals surface area contributed by atoms with Crippen LogP contribution in [-0.4, -0.2) is 11.8 Å². The summed E-state index contributed by atoms with van der Waals surface area (Å²) in [6, 6.07) is 15.6. The first kappa shape index (κ1) is 16.2. The molecule has 2 atom stereocenters. The van der Waals surface area contributed by atoms with Crippen LogP contribution < -0.4 is 0 Å². The number of rotatable bonds is 3. The van der Waals surface area contributed by atoms with Gasteiger partial charge in [-0.2, -0.15) is 0 Å². The molecule has 2 aliphatic rings. The number of halogens is 2. The lowest BCUT2D eigenvalue weighted by molar-refractivity contribution is 0.109. The third kappa shape index (κ3) is 3.15. The summed E-state index contributed by atoms with van der Waals surface area (Å²) >= 11 is 12.7. The lowest BCUT2D eigenvalue weighted by Crippen LogP contribution is -2.20. The van der Waals surface area contributed by atoms with Gasteiger partial charge in [0.15, 0.2) is 6.10 Å². The molecule has 1 heterocycles. The Morgan fingerprint density at radius 2 is 1.72 bits per heavy atom. The van der Waals surface area contributed by atoms with Crippen LogP contribution in [0.4, 0.5) is 0 Å². The first-order valence-electron chi connectivity index (χ1n) is 8.03. The van der Waals surface area contributed by atoms with E-state index in [4.69, 9.17) is 28.0 Å². The molecule has 2 nitrogen and oxygen atoms in total. The lowest BCUT2D eigenvalue weighted by atomic mass is 9.90. The van der Waals surface area contributed by atoms with E-state index in [-0.39, 0.29) is 12.0 Å². The largest absolute Gasteiger partial charge is 0.387 e. The van der Waals surface area contributed by atoms with Crippen LogP contribution in [-0.2, 0) is 4.84 Å². The summed E-state index contributed by atoms with van der Waals surface area (Å²) in [5, 5.41) is 5.43. The molecule has 1 aliphatic carbocycles. The van der Waals surface area contributed by atoms with Crippen molar-refractivity contribution in [3.8, 4) is 0 Å². The molecule has 4 heteroatoms. The zero-order valence-corrected chi connectivity index (χ0v) is 14.8. The Bertz CT molecular complexity index is 892. The van der Waals surface area contributed by atoms with Gasteiger partial charge in [0.05, 0.1) is 16.0 Å². The Morgan fingerprint density at radius 1 is 0.960 bits per heavy atom. The number of nitrogens with zero attached hydrogens (tertiary/aromatic N) is 1. The second kappa shape index (κ2) is 6.91. The SMILES string of the molecule is Clc1cccc(Cl)c1C1=NOC2C=C/C(=C\C=C\c3ccccc3)C12. The maximum Gasteiger partial charge on any atom is 0.158 e. The topological polar surface area (TPSA) is 21.6 Å². The maximum absolute atomic E-state index is 6.36. The van der Waals surface area contributed by atoms with Gasteiger partial charge in [0, 0.05) is 5.56 Å². The van der Waals surface area contributed by atoms with Gasteiger partial charge in [-0.15, -0.1) is 0 Å². The van der Waals surface area contributed by atoms with E-state index in [1.807, 2.05) is 48.6 Å². The van der Waals surface area contributed by atoms with E-state index in [2.05, 4.69) is 35.5 Å². The van der Waals surface area contributed by atoms with Gasteiger partial charge in [0.2, 0.25) is 0 Å². The van der Waals surface area contributed by atoms with Crippen molar-refractivity contribution >= 4 is 35.0 Å². The van der Waals surface area contributed by atoms with Gasteiger partial charge in [-0.05, 0) is 29.3 Å². The molecule has 2 aromatic carbocycles. The van der Waals surface area contributed by atoms with E-state index < -0.39 is 0 Å². The Labute approximate surface area is 156 Å². The standard InChI is InChI=1S/C21H15Cl2NO/c22-16-10-5-11-17(23)20(16)21-19-15(12-13-18(19)25-24-21)9-4-8-14-6-2-1-3-7-14/h1-13,18-19H/b8-4+,15-9+. The molecule has 0 radical (unpaired) electrons. The highest BCUT2D eigenvalue weighted by molar-refractivity contribution is 6.40. The molecule has 0 fully saturated rings. The molecule has 0 bridgehead atoms. The summed E-state index contributed by atoms with van der Waals surface area (Å²) in [7, 11) is 0. The van der Waals surface area contributed by atoms with Crippen molar-refractivity contribution < 1.29 is 4.84 Å². The number of hydrogen-bond donors (Lipinski definition) is 0. The van der Waals surface area contributed by atoms with Crippen LogP contribution in [0.15, 0.2) is 83.6 Å². The van der Waals surface area contributed by atoms with Gasteiger partial charge in [0.25, 0.3) is 0 Å². The highest BCUT2D eigenvalue weighted by atomic mass is 35.5. The Balaban J connectivity index is 1.64. The molecule has 0 aromatic heterocycles. The van der Waals surface area contributed by atoms with Gasteiger partial charge in [0.1, 0.15) is 5.71 Å². The third-order valence-electron chi connectivity index (χ3n) is 4.33. The van der Waals surface area contributed by atoms with Crippen LogP contribution >= 0.6 is 23.2 Å². The highest BCUT2D eigenvalue weighted by Gasteiger charge is 2.40. The van der Waals surface area contributed by atoms with Crippen molar-refractivity contribution in [2.45, 2.75) is 6.10 Å². The zero-order chi connectivity index (χ0) is 17.2. The van der Waals surface area contributed by atoms with Crippen LogP contribution in [0, 0.1) is 5.92 Å². The molecular weight excluding hydrogens is 353 g/mol. The van der Waals surface area contributed by atoms with Crippen molar-refractivity contribution in [1.82, 2.24) is 0 Å². The summed E-state index contributed by atoms with van der Waals surface area (Å²) in [6.45, 7) is 0. The molecule has 2 unspecified atom stereocenters. The number of allylic oxidation sites excluding steroid dienone is 3. The average molecular weight is 368 g/mol. The van der Waals surface area contributed by atoms with Crippen LogP contribution in [0.3, 0.4) is 0 Å². The Hall–Kier alpha value is -2.29. The Morgan fingerprint density at radius 3 is 2.48 bits per heavy atom. The van der Waals surface area contributed by atoms with Gasteiger partial charge >= 0.3 is 0 Å². The van der Waals surface area contributed by atoms with E-state index in [1.165, 1.54) is 0 Å². The molecule has 4 rings (SSSR count). The van der Waals surface area contributed by atoms with Crippen LogP contribution in [0.5, 0.6) is 0 Å². The minimum absolute atomic E-state index is 0.0119. The molecule has 1 aliphatic heterocycles. The van der Waals surface area contributed by atoms with Crippen molar-refractivity contribution in [3.63, 3.8) is 0 Å². The molecule has 0 saturated heterocycles. The summed E-state index contributed by atoms with van der Waals surface area (Å²) in [6.07, 6.45) is 10.2. The van der Waals surface area contributed by atoms with Crippen LogP contribution in [0.25, 0.3) is 6.08 Å². The normalized spacial score (nSPS) is 23.1. The summed E-state index contributed by atoms with van der Waals surface area (Å²) in [4.78, 5) is 5.57. The van der Waals surface area contributed by atoms with E-state index in [1.54, 1.807) is 0 Å². The Kier molecular flexibility index (Phi) is 4.48. The van der Waals surface area contributed by atoms with Crippen molar-refractivity contribution in [1.29, 1.82) is 0 Å². The fraction of sp³-hybridized carbons (Fsp3) is 0.0952. The molecule has 0 N–H and O–H groups in total. The zero-order valence-electron chi connectivity index (χ0n) is 13.3. The third-order valence-corrected chi connectivity index (χ3v) is 4.96. The summed E-state index contributed by atoms with van der Waals surface area (Å²) < 4.78 is 0. The smallest absolute Gasteiger partial charge is 0.158 e. The van der Waals surface area contributed by atoms with Gasteiger partial charge in [-0.25, -0.2) is 0 Å². The monoisotopic (exact) mass is 367 g/mol. The average Bonchev–Trinajstić information content (AvgIpc) is 3.19. The summed E-state index contributed by atoms with van der Waals surface area (Å²) in [5.74, 6) is 0.0119. The molecule has 0 amide bonds. The number of fused-ring (bicyclic) bond motifs is 1. The molecule has 0 spiro atoms. The molecule has 2 aromatic rings. The van der Waals surface area contributed by atoms with Crippen molar-refractivity contribution in [2.24, 2.45) is 11.1 Å². The van der Waals surface area contributed by atoms with E-state index >= 15 is 0 Å². The van der Waals surface area contributed by atoms with Crippen molar-refractivity contribution in [3.05, 3.63) is 99.6 Å².